The second kappa shape index (κ2) is 3.86. The fourth-order valence-corrected chi connectivity index (χ4v) is 1.83. The van der Waals surface area contributed by atoms with Gasteiger partial charge in [-0.3, -0.25) is 0 Å². The summed E-state index contributed by atoms with van der Waals surface area (Å²) in [6.07, 6.45) is 3.91. The van der Waals surface area contributed by atoms with Crippen LogP contribution in [0.1, 0.15) is 0 Å². The van der Waals surface area contributed by atoms with Crippen LogP contribution in [0.25, 0.3) is 22.6 Å². The number of aryl methyl sites for hydroxylation is 1. The Labute approximate surface area is 103 Å². The van der Waals surface area contributed by atoms with Crippen LogP contribution in [0.5, 0.6) is 0 Å². The van der Waals surface area contributed by atoms with E-state index in [2.05, 4.69) is 4.98 Å². The molecule has 0 aliphatic carbocycles. The third-order valence-corrected chi connectivity index (χ3v) is 2.81. The molecule has 0 aliphatic heterocycles. The number of pyridine rings is 1. The first-order chi connectivity index (χ1) is 8.22. The first-order valence-electron chi connectivity index (χ1n) is 5.24. The minimum atomic E-state index is 0.614. The van der Waals surface area contributed by atoms with Gasteiger partial charge in [0.05, 0.1) is 0 Å². The number of halogens is 1. The zero-order chi connectivity index (χ0) is 11.8. The van der Waals surface area contributed by atoms with Crippen LogP contribution in [0.2, 0.25) is 5.02 Å². The fraction of sp³-hybridized carbons (Fsp3) is 0.0769. The Balaban J connectivity index is 2.14. The molecule has 0 N–H and O–H groups in total. The van der Waals surface area contributed by atoms with Gasteiger partial charge in [-0.2, -0.15) is 0 Å². The van der Waals surface area contributed by atoms with Gasteiger partial charge in [0.15, 0.2) is 18.0 Å². The number of hydrogen-bond donors (Lipinski definition) is 0. The molecule has 0 aliphatic rings. The van der Waals surface area contributed by atoms with E-state index in [4.69, 9.17) is 16.0 Å². The minimum Gasteiger partial charge on any atom is -0.436 e. The van der Waals surface area contributed by atoms with Gasteiger partial charge in [-0.15, -0.1) is 0 Å². The summed E-state index contributed by atoms with van der Waals surface area (Å²) in [4.78, 5) is 4.41. The number of fused-ring (bicyclic) bond motifs is 1. The van der Waals surface area contributed by atoms with Crippen LogP contribution in [0.3, 0.4) is 0 Å². The van der Waals surface area contributed by atoms with E-state index in [-0.39, 0.29) is 0 Å². The molecule has 0 fully saturated rings. The van der Waals surface area contributed by atoms with Crippen LogP contribution in [-0.2, 0) is 7.05 Å². The molecule has 17 heavy (non-hydrogen) atoms. The van der Waals surface area contributed by atoms with Crippen LogP contribution in [0.4, 0.5) is 0 Å². The second-order valence-electron chi connectivity index (χ2n) is 3.88. The number of benzene rings is 1. The summed E-state index contributed by atoms with van der Waals surface area (Å²) in [6, 6.07) is 9.35. The van der Waals surface area contributed by atoms with E-state index in [1.807, 2.05) is 42.2 Å². The lowest BCUT2D eigenvalue weighted by molar-refractivity contribution is -0.671. The molecule has 0 radical (unpaired) electrons. The first kappa shape index (κ1) is 10.3. The lowest BCUT2D eigenvalue weighted by Gasteiger charge is -1.91. The number of nitrogens with zero attached hydrogens (tertiary/aromatic N) is 2. The van der Waals surface area contributed by atoms with E-state index in [0.717, 1.165) is 16.7 Å². The molecule has 3 aromatic rings. The summed E-state index contributed by atoms with van der Waals surface area (Å²) in [5, 5.41) is 0.664. The van der Waals surface area contributed by atoms with Gasteiger partial charge in [-0.1, -0.05) is 11.6 Å². The lowest BCUT2D eigenvalue weighted by atomic mass is 10.3. The SMILES string of the molecule is C[n+]1ccc(-c2nc3cc(Cl)ccc3o2)cc1. The molecule has 0 atom stereocenters. The van der Waals surface area contributed by atoms with Crippen molar-refractivity contribution in [2.75, 3.05) is 0 Å². The van der Waals surface area contributed by atoms with Crippen LogP contribution in [0.15, 0.2) is 47.1 Å². The van der Waals surface area contributed by atoms with Gasteiger partial charge in [0.1, 0.15) is 12.6 Å². The molecular formula is C13H10ClN2O+. The van der Waals surface area contributed by atoms with Gasteiger partial charge in [0.25, 0.3) is 0 Å². The van der Waals surface area contributed by atoms with Crippen molar-refractivity contribution in [3.8, 4) is 11.5 Å². The molecule has 0 saturated heterocycles. The van der Waals surface area contributed by atoms with Gasteiger partial charge < -0.3 is 4.42 Å². The average Bonchev–Trinajstić information content (AvgIpc) is 2.72. The van der Waals surface area contributed by atoms with Crippen molar-refractivity contribution in [2.24, 2.45) is 7.05 Å². The van der Waals surface area contributed by atoms with Gasteiger partial charge in [0, 0.05) is 22.7 Å². The summed E-state index contributed by atoms with van der Waals surface area (Å²) < 4.78 is 7.63. The molecule has 0 bridgehead atoms. The van der Waals surface area contributed by atoms with E-state index in [9.17, 15) is 0 Å². The maximum absolute atomic E-state index is 5.91. The van der Waals surface area contributed by atoms with Gasteiger partial charge in [0.2, 0.25) is 5.89 Å². The number of rotatable bonds is 1. The smallest absolute Gasteiger partial charge is 0.227 e. The zero-order valence-corrected chi connectivity index (χ0v) is 9.98. The Morgan fingerprint density at radius 3 is 2.71 bits per heavy atom. The van der Waals surface area contributed by atoms with Crippen molar-refractivity contribution in [2.45, 2.75) is 0 Å². The summed E-state index contributed by atoms with van der Waals surface area (Å²) >= 11 is 5.91. The normalized spacial score (nSPS) is 10.9. The van der Waals surface area contributed by atoms with Crippen LogP contribution < -0.4 is 4.57 Å². The predicted molar refractivity (Wildman–Crippen MR) is 65.6 cm³/mol. The molecule has 2 heterocycles. The molecule has 3 nitrogen and oxygen atoms in total. The van der Waals surface area contributed by atoms with Crippen molar-refractivity contribution in [3.05, 3.63) is 47.7 Å². The van der Waals surface area contributed by atoms with Crippen LogP contribution in [-0.4, -0.2) is 4.98 Å². The molecule has 0 spiro atoms. The largest absolute Gasteiger partial charge is 0.436 e. The molecule has 1 aromatic carbocycles. The predicted octanol–water partition coefficient (Wildman–Crippen LogP) is 2.97. The van der Waals surface area contributed by atoms with Gasteiger partial charge in [-0.25, -0.2) is 9.55 Å². The number of hydrogen-bond acceptors (Lipinski definition) is 2. The monoisotopic (exact) mass is 245 g/mol. The quantitative estimate of drug-likeness (QED) is 0.617. The number of aromatic nitrogens is 2. The third kappa shape index (κ3) is 1.89. The number of oxazole rings is 1. The Hall–Kier alpha value is -1.87. The van der Waals surface area contributed by atoms with E-state index in [0.29, 0.717) is 10.9 Å². The molecular weight excluding hydrogens is 236 g/mol. The molecule has 0 saturated carbocycles. The molecule has 2 aromatic heterocycles. The van der Waals surface area contributed by atoms with Crippen molar-refractivity contribution in [3.63, 3.8) is 0 Å². The van der Waals surface area contributed by atoms with Gasteiger partial charge in [-0.05, 0) is 18.2 Å². The van der Waals surface area contributed by atoms with Crippen molar-refractivity contribution in [1.82, 2.24) is 4.98 Å². The summed E-state index contributed by atoms with van der Waals surface area (Å²) in [7, 11) is 1.97. The molecule has 4 heteroatoms. The fourth-order valence-electron chi connectivity index (χ4n) is 1.67. The van der Waals surface area contributed by atoms with Crippen molar-refractivity contribution >= 4 is 22.7 Å². The first-order valence-corrected chi connectivity index (χ1v) is 5.62. The molecule has 84 valence electrons. The highest BCUT2D eigenvalue weighted by atomic mass is 35.5. The van der Waals surface area contributed by atoms with E-state index in [1.54, 1.807) is 12.1 Å². The minimum absolute atomic E-state index is 0.614. The van der Waals surface area contributed by atoms with Crippen molar-refractivity contribution in [1.29, 1.82) is 0 Å². The van der Waals surface area contributed by atoms with Crippen molar-refractivity contribution < 1.29 is 8.98 Å². The molecule has 3 rings (SSSR count). The summed E-state index contributed by atoms with van der Waals surface area (Å²) in [5.41, 5.74) is 2.48. The molecule has 0 unspecified atom stereocenters. The molecule has 0 amide bonds. The van der Waals surface area contributed by atoms with E-state index in [1.165, 1.54) is 0 Å². The average molecular weight is 246 g/mol. The van der Waals surface area contributed by atoms with Crippen LogP contribution >= 0.6 is 11.6 Å². The standard InChI is InChI=1S/C13H10ClN2O/c1-16-6-4-9(5-7-16)13-15-11-8-10(14)2-3-12(11)17-13/h2-8H,1H3/q+1. The lowest BCUT2D eigenvalue weighted by Crippen LogP contribution is -2.25. The summed E-state index contributed by atoms with van der Waals surface area (Å²) in [5.74, 6) is 0.614. The third-order valence-electron chi connectivity index (χ3n) is 2.58. The maximum atomic E-state index is 5.91. The topological polar surface area (TPSA) is 29.9 Å². The van der Waals surface area contributed by atoms with Gasteiger partial charge >= 0.3 is 0 Å². The highest BCUT2D eigenvalue weighted by molar-refractivity contribution is 6.31. The highest BCUT2D eigenvalue weighted by Gasteiger charge is 2.09. The Morgan fingerprint density at radius 1 is 1.18 bits per heavy atom. The van der Waals surface area contributed by atoms with Crippen LogP contribution in [0, 0.1) is 0 Å². The van der Waals surface area contributed by atoms with E-state index >= 15 is 0 Å². The Bertz CT molecular complexity index is 673. The van der Waals surface area contributed by atoms with E-state index < -0.39 is 0 Å². The maximum Gasteiger partial charge on any atom is 0.227 e. The summed E-state index contributed by atoms with van der Waals surface area (Å²) in [6.45, 7) is 0. The Kier molecular flexibility index (Phi) is 2.34. The zero-order valence-electron chi connectivity index (χ0n) is 9.22. The Morgan fingerprint density at radius 2 is 1.94 bits per heavy atom. The highest BCUT2D eigenvalue weighted by Crippen LogP contribution is 2.25. The second-order valence-corrected chi connectivity index (χ2v) is 4.32.